The number of hydrogen-bond acceptors (Lipinski definition) is 3. The molecule has 4 rings (SSSR count). The van der Waals surface area contributed by atoms with E-state index in [1.807, 2.05) is 18.2 Å². The lowest BCUT2D eigenvalue weighted by molar-refractivity contribution is 0.367. The van der Waals surface area contributed by atoms with Gasteiger partial charge in [0.25, 0.3) is 0 Å². The van der Waals surface area contributed by atoms with E-state index in [-0.39, 0.29) is 10.9 Å². The van der Waals surface area contributed by atoms with Crippen LogP contribution in [0.3, 0.4) is 0 Å². The van der Waals surface area contributed by atoms with Gasteiger partial charge in [-0.15, -0.1) is 0 Å². The first-order valence-corrected chi connectivity index (χ1v) is 11.3. The van der Waals surface area contributed by atoms with Crippen molar-refractivity contribution in [1.82, 2.24) is 19.6 Å². The van der Waals surface area contributed by atoms with Gasteiger partial charge in [0.05, 0.1) is 23.1 Å². The quantitative estimate of drug-likeness (QED) is 0.123. The number of thiocarbonyl (C=S) groups is 1. The van der Waals surface area contributed by atoms with Crippen molar-refractivity contribution >= 4 is 56.5 Å². The number of halogens is 7. The molecular formula is C21H13BrClF5N6S. The first-order chi connectivity index (χ1) is 16.6. The van der Waals surface area contributed by atoms with Gasteiger partial charge in [-0.1, -0.05) is 29.8 Å². The van der Waals surface area contributed by atoms with Crippen molar-refractivity contribution in [2.45, 2.75) is 13.1 Å². The minimum Gasteiger partial charge on any atom is -0.316 e. The van der Waals surface area contributed by atoms with E-state index < -0.39 is 41.2 Å². The summed E-state index contributed by atoms with van der Waals surface area (Å²) in [5.41, 5.74) is -0.138. The molecule has 0 spiro atoms. The van der Waals surface area contributed by atoms with Crippen LogP contribution in [0.2, 0.25) is 5.02 Å². The Morgan fingerprint density at radius 2 is 1.54 bits per heavy atom. The second-order valence-electron chi connectivity index (χ2n) is 7.14. The smallest absolute Gasteiger partial charge is 0.200 e. The lowest BCUT2D eigenvalue weighted by Gasteiger charge is -2.09. The maximum Gasteiger partial charge on any atom is 0.200 e. The van der Waals surface area contributed by atoms with Crippen molar-refractivity contribution in [2.24, 2.45) is 0 Å². The van der Waals surface area contributed by atoms with Crippen LogP contribution in [0.25, 0.3) is 0 Å². The van der Waals surface area contributed by atoms with Crippen LogP contribution in [-0.2, 0) is 13.1 Å². The molecule has 4 aromatic rings. The SMILES string of the molecule is Fc1c(F)c(F)c(Cn2ccc(NC(=S)Nc3nn(Cc4ccccc4Cl)cc3Br)n2)c(F)c1F. The van der Waals surface area contributed by atoms with E-state index in [1.165, 1.54) is 12.3 Å². The fourth-order valence-corrected chi connectivity index (χ4v) is 3.90. The monoisotopic (exact) mass is 590 g/mol. The van der Waals surface area contributed by atoms with Gasteiger partial charge in [0.1, 0.15) is 0 Å². The van der Waals surface area contributed by atoms with Crippen LogP contribution in [0.1, 0.15) is 11.1 Å². The van der Waals surface area contributed by atoms with Crippen molar-refractivity contribution in [2.75, 3.05) is 10.6 Å². The van der Waals surface area contributed by atoms with Gasteiger partial charge in [-0.2, -0.15) is 10.2 Å². The van der Waals surface area contributed by atoms with Gasteiger partial charge < -0.3 is 10.6 Å². The lowest BCUT2D eigenvalue weighted by atomic mass is 10.1. The minimum absolute atomic E-state index is 0.0928. The number of anilines is 2. The molecule has 0 aliphatic rings. The molecule has 2 heterocycles. The highest BCUT2D eigenvalue weighted by atomic mass is 79.9. The maximum absolute atomic E-state index is 13.9. The second-order valence-corrected chi connectivity index (χ2v) is 8.81. The first kappa shape index (κ1) is 25.1. The molecule has 2 N–H and O–H groups in total. The molecule has 0 bridgehead atoms. The Morgan fingerprint density at radius 3 is 2.23 bits per heavy atom. The molecule has 0 amide bonds. The van der Waals surface area contributed by atoms with Gasteiger partial charge in [-0.05, 0) is 39.8 Å². The van der Waals surface area contributed by atoms with E-state index in [0.717, 1.165) is 10.2 Å². The number of rotatable bonds is 6. The predicted octanol–water partition coefficient (Wildman–Crippen LogP) is 6.10. The third kappa shape index (κ3) is 5.46. The summed E-state index contributed by atoms with van der Waals surface area (Å²) in [7, 11) is 0. The average molecular weight is 592 g/mol. The Morgan fingerprint density at radius 1 is 0.886 bits per heavy atom. The summed E-state index contributed by atoms with van der Waals surface area (Å²) in [4.78, 5) is 0. The van der Waals surface area contributed by atoms with Crippen molar-refractivity contribution in [3.05, 3.63) is 92.4 Å². The standard InChI is InChI=1S/C21H13BrClF5N6S/c22-12-9-34(7-10-3-1-2-4-13(10)23)32-20(12)30-21(35)29-14-5-6-33(31-14)8-11-15(24)17(26)19(28)18(27)16(11)25/h1-6,9H,7-8H2,(H2,29,30,31,32,35). The Labute approximate surface area is 213 Å². The van der Waals surface area contributed by atoms with Crippen LogP contribution >= 0.6 is 39.7 Å². The molecule has 0 fully saturated rings. The van der Waals surface area contributed by atoms with Gasteiger partial charge in [-0.3, -0.25) is 9.36 Å². The van der Waals surface area contributed by atoms with Crippen molar-refractivity contribution < 1.29 is 22.0 Å². The molecule has 0 saturated heterocycles. The molecule has 0 aliphatic heterocycles. The number of hydrogen-bond donors (Lipinski definition) is 2. The number of nitrogens with zero attached hydrogens (tertiary/aromatic N) is 4. The normalized spacial score (nSPS) is 11.1. The van der Waals surface area contributed by atoms with Gasteiger partial charge >= 0.3 is 0 Å². The van der Waals surface area contributed by atoms with E-state index >= 15 is 0 Å². The first-order valence-electron chi connectivity index (χ1n) is 9.72. The lowest BCUT2D eigenvalue weighted by Crippen LogP contribution is -2.20. The minimum atomic E-state index is -2.22. The third-order valence-electron chi connectivity index (χ3n) is 4.74. The van der Waals surface area contributed by atoms with Crippen LogP contribution in [0.5, 0.6) is 0 Å². The molecular weight excluding hydrogens is 579 g/mol. The fraction of sp³-hybridized carbons (Fsp3) is 0.0952. The second kappa shape index (κ2) is 10.3. The summed E-state index contributed by atoms with van der Waals surface area (Å²) >= 11 is 14.8. The Bertz CT molecular complexity index is 1400. The van der Waals surface area contributed by atoms with Gasteiger partial charge in [-0.25, -0.2) is 22.0 Å². The molecule has 0 atom stereocenters. The van der Waals surface area contributed by atoms with E-state index in [4.69, 9.17) is 23.8 Å². The highest BCUT2D eigenvalue weighted by Crippen LogP contribution is 2.25. The Balaban J connectivity index is 1.42. The summed E-state index contributed by atoms with van der Waals surface area (Å²) in [5, 5.41) is 14.7. The Hall–Kier alpha value is -3.03. The molecule has 35 heavy (non-hydrogen) atoms. The van der Waals surface area contributed by atoms with E-state index in [0.29, 0.717) is 21.9 Å². The number of nitrogens with one attached hydrogen (secondary N) is 2. The summed E-state index contributed by atoms with van der Waals surface area (Å²) in [6.45, 7) is -0.270. The summed E-state index contributed by atoms with van der Waals surface area (Å²) in [6.07, 6.45) is 3.02. The van der Waals surface area contributed by atoms with E-state index in [1.54, 1.807) is 16.9 Å². The van der Waals surface area contributed by atoms with Gasteiger partial charge in [0, 0.05) is 23.5 Å². The van der Waals surface area contributed by atoms with Crippen molar-refractivity contribution in [1.29, 1.82) is 0 Å². The van der Waals surface area contributed by atoms with Crippen LogP contribution in [0.4, 0.5) is 33.6 Å². The van der Waals surface area contributed by atoms with Crippen LogP contribution < -0.4 is 10.6 Å². The third-order valence-corrected chi connectivity index (χ3v) is 5.90. The van der Waals surface area contributed by atoms with Crippen LogP contribution in [0.15, 0.2) is 47.2 Å². The highest BCUT2D eigenvalue weighted by molar-refractivity contribution is 9.10. The number of aromatic nitrogens is 4. The topological polar surface area (TPSA) is 59.7 Å². The van der Waals surface area contributed by atoms with Gasteiger partial charge in [0.15, 0.2) is 40.0 Å². The fourth-order valence-electron chi connectivity index (χ4n) is 3.09. The zero-order valence-corrected chi connectivity index (χ0v) is 20.5. The van der Waals surface area contributed by atoms with Gasteiger partial charge in [0.2, 0.25) is 5.82 Å². The summed E-state index contributed by atoms with van der Waals surface area (Å²) in [5.74, 6) is -9.53. The van der Waals surface area contributed by atoms with Crippen LogP contribution in [0, 0.1) is 29.1 Å². The number of benzene rings is 2. The maximum atomic E-state index is 13.9. The zero-order chi connectivity index (χ0) is 25.3. The molecule has 0 aliphatic carbocycles. The van der Waals surface area contributed by atoms with E-state index in [9.17, 15) is 22.0 Å². The molecule has 6 nitrogen and oxygen atoms in total. The molecule has 0 radical (unpaired) electrons. The predicted molar refractivity (Wildman–Crippen MR) is 128 cm³/mol. The molecule has 2 aromatic heterocycles. The molecule has 0 unspecified atom stereocenters. The summed E-state index contributed by atoms with van der Waals surface area (Å²) < 4.78 is 71.2. The van der Waals surface area contributed by atoms with E-state index in [2.05, 4.69) is 36.8 Å². The molecule has 182 valence electrons. The molecule has 14 heteroatoms. The summed E-state index contributed by atoms with van der Waals surface area (Å²) in [6, 6.07) is 8.75. The van der Waals surface area contributed by atoms with Crippen molar-refractivity contribution in [3.63, 3.8) is 0 Å². The molecule has 0 saturated carbocycles. The Kier molecular flexibility index (Phi) is 7.38. The van der Waals surface area contributed by atoms with Crippen molar-refractivity contribution in [3.8, 4) is 0 Å². The molecule has 2 aromatic carbocycles. The average Bonchev–Trinajstić information content (AvgIpc) is 3.41. The van der Waals surface area contributed by atoms with Crippen LogP contribution in [-0.4, -0.2) is 24.7 Å². The highest BCUT2D eigenvalue weighted by Gasteiger charge is 2.26. The largest absolute Gasteiger partial charge is 0.316 e. The zero-order valence-electron chi connectivity index (χ0n) is 17.3.